The van der Waals surface area contributed by atoms with Gasteiger partial charge >= 0.3 is 0 Å². The number of pyridine rings is 1. The van der Waals surface area contributed by atoms with Gasteiger partial charge in [-0.1, -0.05) is 18.9 Å². The number of anilines is 1. The molecular weight excluding hydrogens is 302 g/mol. The van der Waals surface area contributed by atoms with E-state index < -0.39 is 0 Å². The molecule has 2 N–H and O–H groups in total. The van der Waals surface area contributed by atoms with E-state index in [1.807, 2.05) is 6.20 Å². The van der Waals surface area contributed by atoms with Gasteiger partial charge in [-0.2, -0.15) is 0 Å². The molecular formula is C18H31N5O. The van der Waals surface area contributed by atoms with Gasteiger partial charge < -0.3 is 20.3 Å². The third-order valence-electron chi connectivity index (χ3n) is 4.24. The number of hydrogen-bond acceptors (Lipinski definition) is 4. The predicted octanol–water partition coefficient (Wildman–Crippen LogP) is 2.16. The van der Waals surface area contributed by atoms with E-state index >= 15 is 0 Å². The van der Waals surface area contributed by atoms with E-state index in [4.69, 9.17) is 4.74 Å². The van der Waals surface area contributed by atoms with Crippen molar-refractivity contribution < 1.29 is 4.74 Å². The molecule has 1 aromatic heterocycles. The highest BCUT2D eigenvalue weighted by atomic mass is 16.5. The van der Waals surface area contributed by atoms with Crippen LogP contribution in [0.3, 0.4) is 0 Å². The lowest BCUT2D eigenvalue weighted by atomic mass is 10.2. The summed E-state index contributed by atoms with van der Waals surface area (Å²) in [5.41, 5.74) is 1.16. The van der Waals surface area contributed by atoms with Crippen LogP contribution in [0.2, 0.25) is 0 Å². The molecule has 6 heteroatoms. The van der Waals surface area contributed by atoms with Crippen molar-refractivity contribution in [3.05, 3.63) is 23.9 Å². The van der Waals surface area contributed by atoms with E-state index in [1.165, 1.54) is 25.7 Å². The Kier molecular flexibility index (Phi) is 8.38. The summed E-state index contributed by atoms with van der Waals surface area (Å²) in [5.74, 6) is 1.91. The van der Waals surface area contributed by atoms with Gasteiger partial charge in [0, 0.05) is 53.1 Å². The third-order valence-corrected chi connectivity index (χ3v) is 4.24. The smallest absolute Gasteiger partial charge is 0.191 e. The van der Waals surface area contributed by atoms with Crippen LogP contribution in [0.1, 0.15) is 37.7 Å². The molecule has 1 fully saturated rings. The topological polar surface area (TPSA) is 61.8 Å². The highest BCUT2D eigenvalue weighted by Gasteiger charge is 2.10. The van der Waals surface area contributed by atoms with Crippen molar-refractivity contribution >= 4 is 11.8 Å². The van der Waals surface area contributed by atoms with Gasteiger partial charge in [-0.05, 0) is 30.9 Å². The number of aliphatic imine (C=N–C) groups is 1. The summed E-state index contributed by atoms with van der Waals surface area (Å²) in [5, 5.41) is 6.59. The molecule has 0 saturated carbocycles. The summed E-state index contributed by atoms with van der Waals surface area (Å²) in [6, 6.07) is 4.29. The van der Waals surface area contributed by atoms with Crippen molar-refractivity contribution in [2.24, 2.45) is 4.99 Å². The number of rotatable bonds is 7. The molecule has 1 saturated heterocycles. The Labute approximate surface area is 145 Å². The summed E-state index contributed by atoms with van der Waals surface area (Å²) in [6.07, 6.45) is 8.16. The zero-order valence-corrected chi connectivity index (χ0v) is 15.1. The first-order valence-corrected chi connectivity index (χ1v) is 8.97. The average molecular weight is 333 g/mol. The van der Waals surface area contributed by atoms with Gasteiger partial charge in [-0.25, -0.2) is 4.98 Å². The quantitative estimate of drug-likeness (QED) is 0.455. The monoisotopic (exact) mass is 333 g/mol. The number of methoxy groups -OCH3 is 1. The zero-order chi connectivity index (χ0) is 17.0. The van der Waals surface area contributed by atoms with E-state index in [9.17, 15) is 0 Å². The Balaban J connectivity index is 1.78. The van der Waals surface area contributed by atoms with Gasteiger partial charge in [0.25, 0.3) is 0 Å². The third kappa shape index (κ3) is 6.35. The van der Waals surface area contributed by atoms with Crippen LogP contribution in [0.15, 0.2) is 23.3 Å². The largest absolute Gasteiger partial charge is 0.385 e. The summed E-state index contributed by atoms with van der Waals surface area (Å²) < 4.78 is 5.04. The second kappa shape index (κ2) is 10.9. The van der Waals surface area contributed by atoms with Gasteiger partial charge in [0.1, 0.15) is 5.82 Å². The number of nitrogens with zero attached hydrogens (tertiary/aromatic N) is 3. The van der Waals surface area contributed by atoms with Crippen molar-refractivity contribution in [3.63, 3.8) is 0 Å². The lowest BCUT2D eigenvalue weighted by Crippen LogP contribution is -2.37. The van der Waals surface area contributed by atoms with E-state index in [0.29, 0.717) is 0 Å². The Morgan fingerprint density at radius 3 is 2.62 bits per heavy atom. The Morgan fingerprint density at radius 2 is 2.00 bits per heavy atom. The first-order valence-electron chi connectivity index (χ1n) is 8.97. The average Bonchev–Trinajstić information content (AvgIpc) is 2.91. The fraction of sp³-hybridized carbons (Fsp3) is 0.667. The van der Waals surface area contributed by atoms with Crippen LogP contribution in [-0.4, -0.2) is 51.3 Å². The molecule has 0 spiro atoms. The second-order valence-electron chi connectivity index (χ2n) is 6.12. The van der Waals surface area contributed by atoms with Crippen LogP contribution in [-0.2, 0) is 11.3 Å². The highest BCUT2D eigenvalue weighted by Crippen LogP contribution is 2.17. The molecule has 1 aliphatic rings. The first-order chi connectivity index (χ1) is 11.8. The van der Waals surface area contributed by atoms with Crippen LogP contribution >= 0.6 is 0 Å². The Hall–Kier alpha value is -1.82. The molecule has 0 radical (unpaired) electrons. The summed E-state index contributed by atoms with van der Waals surface area (Å²) in [6.45, 7) is 4.58. The molecule has 0 unspecified atom stereocenters. The fourth-order valence-electron chi connectivity index (χ4n) is 2.84. The van der Waals surface area contributed by atoms with E-state index in [-0.39, 0.29) is 0 Å². The number of nitrogens with one attached hydrogen (secondary N) is 2. The molecule has 2 heterocycles. The van der Waals surface area contributed by atoms with Crippen molar-refractivity contribution in [2.75, 3.05) is 45.3 Å². The van der Waals surface area contributed by atoms with E-state index in [0.717, 1.165) is 56.5 Å². The van der Waals surface area contributed by atoms with Gasteiger partial charge in [0.15, 0.2) is 5.96 Å². The number of hydrogen-bond donors (Lipinski definition) is 2. The molecule has 0 bridgehead atoms. The number of ether oxygens (including phenoxy) is 1. The highest BCUT2D eigenvalue weighted by molar-refractivity contribution is 5.79. The number of aromatic nitrogens is 1. The lowest BCUT2D eigenvalue weighted by Gasteiger charge is -2.21. The predicted molar refractivity (Wildman–Crippen MR) is 99.6 cm³/mol. The maximum Gasteiger partial charge on any atom is 0.191 e. The van der Waals surface area contributed by atoms with E-state index in [2.05, 4.69) is 37.6 Å². The molecule has 134 valence electrons. The van der Waals surface area contributed by atoms with Crippen LogP contribution in [0.4, 0.5) is 5.82 Å². The van der Waals surface area contributed by atoms with Gasteiger partial charge in [0.2, 0.25) is 0 Å². The van der Waals surface area contributed by atoms with Crippen LogP contribution < -0.4 is 15.5 Å². The van der Waals surface area contributed by atoms with Crippen molar-refractivity contribution in [3.8, 4) is 0 Å². The molecule has 0 atom stereocenters. The lowest BCUT2D eigenvalue weighted by molar-refractivity contribution is 0.195. The Morgan fingerprint density at radius 1 is 1.21 bits per heavy atom. The summed E-state index contributed by atoms with van der Waals surface area (Å²) in [7, 11) is 3.50. The molecule has 2 rings (SSSR count). The number of guanidine groups is 1. The van der Waals surface area contributed by atoms with Gasteiger partial charge in [-0.15, -0.1) is 0 Å². The SMILES string of the molecule is CN=C(NCCCOC)NCc1ccc(N2CCCCCC2)nc1. The molecule has 1 aliphatic heterocycles. The maximum absolute atomic E-state index is 5.04. The van der Waals surface area contributed by atoms with Crippen LogP contribution in [0.5, 0.6) is 0 Å². The molecule has 1 aromatic rings. The first kappa shape index (κ1) is 18.5. The fourth-order valence-corrected chi connectivity index (χ4v) is 2.84. The van der Waals surface area contributed by atoms with Crippen LogP contribution in [0.25, 0.3) is 0 Å². The second-order valence-corrected chi connectivity index (χ2v) is 6.12. The summed E-state index contributed by atoms with van der Waals surface area (Å²) in [4.78, 5) is 11.3. The van der Waals surface area contributed by atoms with Crippen molar-refractivity contribution in [1.82, 2.24) is 15.6 Å². The Bertz CT molecular complexity index is 481. The standard InChI is InChI=1S/C18H31N5O/c1-19-18(20-10-7-13-24-2)22-15-16-8-9-17(21-14-16)23-11-5-3-4-6-12-23/h8-9,14H,3-7,10-13,15H2,1-2H3,(H2,19,20,22). The van der Waals surface area contributed by atoms with Gasteiger partial charge in [0.05, 0.1) is 0 Å². The molecule has 0 amide bonds. The summed E-state index contributed by atoms with van der Waals surface area (Å²) >= 11 is 0. The minimum atomic E-state index is 0.719. The molecule has 0 aromatic carbocycles. The molecule has 0 aliphatic carbocycles. The maximum atomic E-state index is 5.04. The minimum absolute atomic E-state index is 0.719. The zero-order valence-electron chi connectivity index (χ0n) is 15.1. The van der Waals surface area contributed by atoms with Crippen molar-refractivity contribution in [1.29, 1.82) is 0 Å². The van der Waals surface area contributed by atoms with E-state index in [1.54, 1.807) is 14.2 Å². The normalized spacial score (nSPS) is 15.9. The molecule has 6 nitrogen and oxygen atoms in total. The van der Waals surface area contributed by atoms with Crippen molar-refractivity contribution in [2.45, 2.75) is 38.6 Å². The van der Waals surface area contributed by atoms with Gasteiger partial charge in [-0.3, -0.25) is 4.99 Å². The molecule has 24 heavy (non-hydrogen) atoms. The minimum Gasteiger partial charge on any atom is -0.385 e. The van der Waals surface area contributed by atoms with Crippen LogP contribution in [0, 0.1) is 0 Å².